The Balaban J connectivity index is 1.39. The van der Waals surface area contributed by atoms with Crippen molar-refractivity contribution < 1.29 is 24.4 Å². The molecule has 0 radical (unpaired) electrons. The zero-order chi connectivity index (χ0) is 36.2. The SMILES string of the molecule is CCC1=NC(COCCN=[N+]=[N-])=C(N(C=O)CCCN2CCC(c3ccccc3)(c3ccccc3)CC2)C(c2ccc([N+](=O)[O-])cc2)C1C(=O)O. The third-order valence-electron chi connectivity index (χ3n) is 9.96. The number of non-ortho nitro benzene ring substituents is 1. The number of benzene rings is 3. The summed E-state index contributed by atoms with van der Waals surface area (Å²) in [5, 5.41) is 25.4. The van der Waals surface area contributed by atoms with Crippen molar-refractivity contribution in [2.24, 2.45) is 16.0 Å². The number of allylic oxidation sites excluding steroid dienone is 1. The van der Waals surface area contributed by atoms with Crippen LogP contribution in [0.3, 0.4) is 0 Å². The molecule has 2 aliphatic heterocycles. The molecule has 2 atom stereocenters. The molecule has 13 heteroatoms. The Labute approximate surface area is 297 Å². The van der Waals surface area contributed by atoms with Gasteiger partial charge in [0.25, 0.3) is 5.69 Å². The minimum absolute atomic E-state index is 0.0485. The number of nitrogens with zero attached hydrogens (tertiary/aromatic N) is 7. The van der Waals surface area contributed by atoms with E-state index in [1.165, 1.54) is 28.2 Å². The Morgan fingerprint density at radius 2 is 1.73 bits per heavy atom. The number of azide groups is 1. The second kappa shape index (κ2) is 17.5. The molecular weight excluding hydrogens is 650 g/mol. The Morgan fingerprint density at radius 1 is 1.10 bits per heavy atom. The van der Waals surface area contributed by atoms with Gasteiger partial charge in [-0.15, -0.1) is 0 Å². The van der Waals surface area contributed by atoms with E-state index in [1.807, 2.05) is 19.1 Å². The number of aliphatic carboxylic acids is 1. The number of carbonyl (C=O) groups is 2. The largest absolute Gasteiger partial charge is 0.481 e. The molecule has 13 nitrogen and oxygen atoms in total. The number of ether oxygens (including phenoxy) is 1. The maximum atomic E-state index is 12.9. The van der Waals surface area contributed by atoms with Crippen LogP contribution < -0.4 is 0 Å². The normalized spacial score (nSPS) is 18.7. The van der Waals surface area contributed by atoms with Crippen molar-refractivity contribution in [3.05, 3.63) is 134 Å². The van der Waals surface area contributed by atoms with Gasteiger partial charge in [0.15, 0.2) is 0 Å². The first-order valence-corrected chi connectivity index (χ1v) is 17.2. The van der Waals surface area contributed by atoms with Crippen molar-refractivity contribution in [2.75, 3.05) is 45.9 Å². The topological polar surface area (TPSA) is 174 Å². The standard InChI is InChI=1S/C38H43N7O6/c1-2-32-35(37(47)48)34(28-14-16-31(17-15-28)45(49)50)36(33(41-32)26-51-25-20-40-42-39)44(27-46)22-9-21-43-23-18-38(19-24-43,29-10-5-3-6-11-29)30-12-7-4-8-13-30/h3-8,10-17,27,34-35H,2,9,18-26H2,1H3,(H,47,48). The molecule has 0 saturated carbocycles. The number of carboxylic acids is 1. The van der Waals surface area contributed by atoms with Crippen molar-refractivity contribution in [1.29, 1.82) is 0 Å². The third-order valence-corrected chi connectivity index (χ3v) is 9.96. The van der Waals surface area contributed by atoms with E-state index < -0.39 is 22.7 Å². The molecule has 3 aromatic rings. The number of aliphatic imine (C=N–C) groups is 1. The Kier molecular flexibility index (Phi) is 12.7. The summed E-state index contributed by atoms with van der Waals surface area (Å²) in [5.74, 6) is -3.07. The molecule has 0 spiro atoms. The molecule has 1 saturated heterocycles. The molecule has 5 rings (SSSR count). The van der Waals surface area contributed by atoms with Crippen molar-refractivity contribution in [3.8, 4) is 0 Å². The number of amides is 1. The van der Waals surface area contributed by atoms with Gasteiger partial charge in [-0.1, -0.05) is 84.8 Å². The Bertz CT molecular complexity index is 1730. The highest BCUT2D eigenvalue weighted by Crippen LogP contribution is 2.43. The van der Waals surface area contributed by atoms with Crippen LogP contribution in [0.15, 0.2) is 106 Å². The van der Waals surface area contributed by atoms with Gasteiger partial charge in [-0.3, -0.25) is 24.7 Å². The lowest BCUT2D eigenvalue weighted by atomic mass is 9.68. The Morgan fingerprint density at radius 3 is 2.25 bits per heavy atom. The molecule has 2 heterocycles. The number of hydrogen-bond donors (Lipinski definition) is 1. The van der Waals surface area contributed by atoms with E-state index in [1.54, 1.807) is 12.1 Å². The summed E-state index contributed by atoms with van der Waals surface area (Å²) in [6, 6.07) is 27.0. The minimum Gasteiger partial charge on any atom is -0.481 e. The van der Waals surface area contributed by atoms with Gasteiger partial charge in [-0.2, -0.15) is 0 Å². The first-order valence-electron chi connectivity index (χ1n) is 17.2. The van der Waals surface area contributed by atoms with E-state index >= 15 is 0 Å². The zero-order valence-electron chi connectivity index (χ0n) is 28.7. The van der Waals surface area contributed by atoms with E-state index in [-0.39, 0.29) is 30.9 Å². The van der Waals surface area contributed by atoms with Crippen LogP contribution in [0.4, 0.5) is 5.69 Å². The van der Waals surface area contributed by atoms with Crippen LogP contribution in [0.25, 0.3) is 10.4 Å². The number of likely N-dealkylation sites (tertiary alicyclic amines) is 1. The van der Waals surface area contributed by atoms with Crippen molar-refractivity contribution in [1.82, 2.24) is 9.80 Å². The fraction of sp³-hybridized carbons (Fsp3) is 0.395. The summed E-state index contributed by atoms with van der Waals surface area (Å²) in [6.45, 7) is 4.72. The van der Waals surface area contributed by atoms with Crippen molar-refractivity contribution >= 4 is 23.8 Å². The predicted molar refractivity (Wildman–Crippen MR) is 193 cm³/mol. The molecule has 1 amide bonds. The Hall–Kier alpha value is -5.36. The molecule has 1 fully saturated rings. The summed E-state index contributed by atoms with van der Waals surface area (Å²) < 4.78 is 5.80. The molecule has 51 heavy (non-hydrogen) atoms. The van der Waals surface area contributed by atoms with Gasteiger partial charge in [-0.25, -0.2) is 0 Å². The monoisotopic (exact) mass is 693 g/mol. The number of hydrogen-bond acceptors (Lipinski definition) is 8. The summed E-state index contributed by atoms with van der Waals surface area (Å²) in [7, 11) is 0. The molecular formula is C38H43N7O6. The number of nitro groups is 1. The van der Waals surface area contributed by atoms with Gasteiger partial charge in [0, 0.05) is 47.2 Å². The van der Waals surface area contributed by atoms with Crippen LogP contribution in [0.5, 0.6) is 0 Å². The summed E-state index contributed by atoms with van der Waals surface area (Å²) >= 11 is 0. The van der Waals surface area contributed by atoms with E-state index in [9.17, 15) is 24.8 Å². The lowest BCUT2D eigenvalue weighted by Gasteiger charge is -2.43. The van der Waals surface area contributed by atoms with Crippen molar-refractivity contribution in [2.45, 2.75) is 43.9 Å². The number of carboxylic acid groups (broad SMARTS) is 1. The van der Waals surface area contributed by atoms with Crippen LogP contribution in [0.1, 0.15) is 55.2 Å². The first kappa shape index (κ1) is 36.9. The predicted octanol–water partition coefficient (Wildman–Crippen LogP) is 6.71. The quantitative estimate of drug-likeness (QED) is 0.0311. The van der Waals surface area contributed by atoms with E-state index in [2.05, 4.69) is 63.5 Å². The first-order chi connectivity index (χ1) is 24.8. The lowest BCUT2D eigenvalue weighted by molar-refractivity contribution is -0.384. The second-order valence-corrected chi connectivity index (χ2v) is 12.7. The second-order valence-electron chi connectivity index (χ2n) is 12.7. The molecule has 0 aliphatic carbocycles. The van der Waals surface area contributed by atoms with Gasteiger partial charge in [0.2, 0.25) is 6.41 Å². The smallest absolute Gasteiger partial charge is 0.313 e. The lowest BCUT2D eigenvalue weighted by Crippen LogP contribution is -2.44. The number of rotatable bonds is 17. The molecule has 0 aromatic heterocycles. The molecule has 0 bridgehead atoms. The van der Waals surface area contributed by atoms with Crippen LogP contribution in [0.2, 0.25) is 0 Å². The zero-order valence-corrected chi connectivity index (χ0v) is 28.7. The summed E-state index contributed by atoms with van der Waals surface area (Å²) in [5.41, 5.74) is 12.7. The van der Waals surface area contributed by atoms with Crippen LogP contribution in [-0.2, 0) is 19.7 Å². The molecule has 3 aromatic carbocycles. The van der Waals surface area contributed by atoms with Gasteiger partial charge < -0.3 is 19.6 Å². The van der Waals surface area contributed by atoms with Crippen LogP contribution in [0, 0.1) is 16.0 Å². The molecule has 266 valence electrons. The number of carbonyl (C=O) groups excluding carboxylic acids is 1. The highest BCUT2D eigenvalue weighted by atomic mass is 16.6. The van der Waals surface area contributed by atoms with Gasteiger partial charge in [-0.05, 0) is 67.5 Å². The third kappa shape index (κ3) is 8.51. The average Bonchev–Trinajstić information content (AvgIpc) is 3.17. The highest BCUT2D eigenvalue weighted by molar-refractivity contribution is 6.04. The van der Waals surface area contributed by atoms with E-state index in [0.29, 0.717) is 48.5 Å². The van der Waals surface area contributed by atoms with E-state index in [0.717, 1.165) is 32.5 Å². The maximum absolute atomic E-state index is 12.9. The highest BCUT2D eigenvalue weighted by Gasteiger charge is 2.42. The van der Waals surface area contributed by atoms with Gasteiger partial charge >= 0.3 is 5.97 Å². The van der Waals surface area contributed by atoms with E-state index in [4.69, 9.17) is 15.3 Å². The molecule has 2 unspecified atom stereocenters. The number of nitro benzene ring substituents is 1. The molecule has 1 N–H and O–H groups in total. The fourth-order valence-electron chi connectivity index (χ4n) is 7.45. The van der Waals surface area contributed by atoms with Crippen molar-refractivity contribution in [3.63, 3.8) is 0 Å². The summed E-state index contributed by atoms with van der Waals surface area (Å²) in [4.78, 5) is 48.1. The summed E-state index contributed by atoms with van der Waals surface area (Å²) in [6.07, 6.45) is 3.53. The molecule has 2 aliphatic rings. The van der Waals surface area contributed by atoms with Gasteiger partial charge in [0.1, 0.15) is 5.92 Å². The maximum Gasteiger partial charge on any atom is 0.313 e. The van der Waals surface area contributed by atoms with Gasteiger partial charge in [0.05, 0.1) is 29.5 Å². The fourth-order valence-corrected chi connectivity index (χ4v) is 7.45. The average molecular weight is 694 g/mol. The number of piperidine rings is 1. The van der Waals surface area contributed by atoms with Crippen LogP contribution >= 0.6 is 0 Å². The minimum atomic E-state index is -1.11. The van der Waals surface area contributed by atoms with Crippen LogP contribution in [-0.4, -0.2) is 83.9 Å².